The van der Waals surface area contributed by atoms with Gasteiger partial charge in [-0.05, 0) is 44.9 Å². The summed E-state index contributed by atoms with van der Waals surface area (Å²) >= 11 is 0. The van der Waals surface area contributed by atoms with Gasteiger partial charge in [0.1, 0.15) is 5.82 Å². The van der Waals surface area contributed by atoms with Gasteiger partial charge in [0.25, 0.3) is 0 Å². The van der Waals surface area contributed by atoms with Gasteiger partial charge in [0.2, 0.25) is 0 Å². The number of anilines is 1. The Bertz CT molecular complexity index is 1550. The molecule has 2 N–H and O–H groups in total. The molecule has 1 aromatic carbocycles. The molecule has 0 spiro atoms. The Balaban J connectivity index is 1.87. The van der Waals surface area contributed by atoms with Crippen molar-refractivity contribution in [1.29, 1.82) is 5.26 Å². The van der Waals surface area contributed by atoms with Gasteiger partial charge in [-0.15, -0.1) is 0 Å². The van der Waals surface area contributed by atoms with Crippen molar-refractivity contribution in [3.8, 4) is 17.9 Å². The zero-order valence-electron chi connectivity index (χ0n) is 22.9. The Morgan fingerprint density at radius 2 is 2.03 bits per heavy atom. The minimum absolute atomic E-state index is 0.0720. The van der Waals surface area contributed by atoms with Crippen molar-refractivity contribution < 1.29 is 4.39 Å². The van der Waals surface area contributed by atoms with Gasteiger partial charge in [-0.2, -0.15) is 15.5 Å². The first-order valence-corrected chi connectivity index (χ1v) is 12.9. The molecule has 1 aliphatic rings. The maximum atomic E-state index is 16.2. The highest BCUT2D eigenvalue weighted by Gasteiger charge is 2.34. The van der Waals surface area contributed by atoms with Crippen LogP contribution in [0.1, 0.15) is 69.3 Å². The van der Waals surface area contributed by atoms with Crippen LogP contribution < -0.4 is 5.32 Å². The summed E-state index contributed by atoms with van der Waals surface area (Å²) in [5.41, 5.74) is 5.50. The average Bonchev–Trinajstić information content (AvgIpc) is 3.57. The average molecular weight is 512 g/mol. The number of aryl methyl sites for hydroxylation is 1. The number of allylic oxidation sites excluding steroid dienone is 4. The van der Waals surface area contributed by atoms with Crippen LogP contribution in [-0.4, -0.2) is 39.0 Å². The normalized spacial score (nSPS) is 16.4. The Morgan fingerprint density at radius 1 is 1.29 bits per heavy atom. The summed E-state index contributed by atoms with van der Waals surface area (Å²) in [6.07, 6.45) is 5.44. The zero-order chi connectivity index (χ0) is 27.6. The van der Waals surface area contributed by atoms with Gasteiger partial charge in [0.15, 0.2) is 5.82 Å². The molecular weight excluding hydrogens is 477 g/mol. The van der Waals surface area contributed by atoms with Crippen LogP contribution in [0.4, 0.5) is 10.2 Å². The second kappa shape index (κ2) is 11.0. The van der Waals surface area contributed by atoms with E-state index in [-0.39, 0.29) is 11.9 Å². The van der Waals surface area contributed by atoms with Crippen molar-refractivity contribution in [1.82, 2.24) is 24.9 Å². The number of nitrogens with one attached hydrogen (secondary N) is 2. The third-order valence-corrected chi connectivity index (χ3v) is 7.60. The highest BCUT2D eigenvalue weighted by atomic mass is 19.1. The molecule has 0 saturated heterocycles. The molecule has 0 saturated carbocycles. The number of hydrogen-bond acceptors (Lipinski definition) is 5. The summed E-state index contributed by atoms with van der Waals surface area (Å²) in [7, 11) is 3.70. The molecule has 0 radical (unpaired) electrons. The number of aromatic amines is 1. The van der Waals surface area contributed by atoms with E-state index >= 15 is 4.39 Å². The topological polar surface area (TPSA) is 85.6 Å². The first-order chi connectivity index (χ1) is 18.3. The molecule has 38 heavy (non-hydrogen) atoms. The summed E-state index contributed by atoms with van der Waals surface area (Å²) in [5.74, 6) is 6.40. The molecule has 2 unspecified atom stereocenters. The summed E-state index contributed by atoms with van der Waals surface area (Å²) < 4.78 is 18.1. The molecular formula is C30H34FN7. The fourth-order valence-corrected chi connectivity index (χ4v) is 5.21. The molecule has 2 aromatic heterocycles. The van der Waals surface area contributed by atoms with E-state index in [0.717, 1.165) is 34.5 Å². The van der Waals surface area contributed by atoms with Crippen molar-refractivity contribution in [2.45, 2.75) is 58.9 Å². The van der Waals surface area contributed by atoms with Crippen LogP contribution in [0.15, 0.2) is 47.4 Å². The van der Waals surface area contributed by atoms with Crippen molar-refractivity contribution in [2.24, 2.45) is 0 Å². The van der Waals surface area contributed by atoms with Gasteiger partial charge in [-0.1, -0.05) is 32.3 Å². The van der Waals surface area contributed by atoms with Crippen molar-refractivity contribution in [3.05, 3.63) is 70.1 Å². The van der Waals surface area contributed by atoms with Crippen LogP contribution in [-0.2, 0) is 6.42 Å². The van der Waals surface area contributed by atoms with Gasteiger partial charge in [0, 0.05) is 60.2 Å². The fraction of sp³-hybridized carbons (Fsp3) is 0.367. The summed E-state index contributed by atoms with van der Waals surface area (Å²) in [6, 6.07) is 6.18. The highest BCUT2D eigenvalue weighted by Crippen LogP contribution is 2.44. The van der Waals surface area contributed by atoms with Crippen LogP contribution in [0.25, 0.3) is 17.0 Å². The smallest absolute Gasteiger partial charge is 0.155 e. The Hall–Kier alpha value is -4.30. The predicted octanol–water partition coefficient (Wildman–Crippen LogP) is 6.29. The van der Waals surface area contributed by atoms with E-state index < -0.39 is 5.92 Å². The fourth-order valence-electron chi connectivity index (χ4n) is 5.21. The molecule has 2 atom stereocenters. The number of benzene rings is 1. The van der Waals surface area contributed by atoms with Gasteiger partial charge < -0.3 is 10.2 Å². The van der Waals surface area contributed by atoms with Crippen molar-refractivity contribution in [2.75, 3.05) is 19.4 Å². The lowest BCUT2D eigenvalue weighted by atomic mass is 9.79. The maximum absolute atomic E-state index is 16.2. The van der Waals surface area contributed by atoms with Crippen LogP contribution in [0.3, 0.4) is 0 Å². The van der Waals surface area contributed by atoms with E-state index in [9.17, 15) is 5.26 Å². The molecule has 1 aliphatic heterocycles. The molecule has 0 aliphatic carbocycles. The highest BCUT2D eigenvalue weighted by molar-refractivity contribution is 5.93. The number of halogens is 1. The second-order valence-corrected chi connectivity index (χ2v) is 9.43. The molecule has 0 amide bonds. The molecule has 196 valence electrons. The summed E-state index contributed by atoms with van der Waals surface area (Å²) in [4.78, 5) is 1.97. The number of aromatic nitrogens is 4. The number of rotatable bonds is 7. The molecule has 8 heteroatoms. The first kappa shape index (κ1) is 26.8. The van der Waals surface area contributed by atoms with Crippen molar-refractivity contribution in [3.63, 3.8) is 0 Å². The van der Waals surface area contributed by atoms with Gasteiger partial charge in [-0.25, -0.2) is 4.39 Å². The first-order valence-electron chi connectivity index (χ1n) is 12.9. The lowest BCUT2D eigenvalue weighted by Crippen LogP contribution is -2.26. The molecule has 3 aromatic rings. The quantitative estimate of drug-likeness (QED) is 0.364. The monoisotopic (exact) mass is 511 g/mol. The minimum atomic E-state index is -0.619. The van der Waals surface area contributed by atoms with E-state index in [1.165, 1.54) is 0 Å². The SMILES string of the molecule is C=Cc1ccnn1C(CC)CC#CC1=C(C)N(C)C(C)=C(C#N)C1c1cc2c(NC)n[nH]c2c(CC)c1F. The van der Waals surface area contributed by atoms with Crippen LogP contribution in [0.2, 0.25) is 0 Å². The number of H-pyrrole nitrogens is 1. The predicted molar refractivity (Wildman–Crippen MR) is 151 cm³/mol. The lowest BCUT2D eigenvalue weighted by Gasteiger charge is -2.34. The Labute approximate surface area is 223 Å². The summed E-state index contributed by atoms with van der Waals surface area (Å²) in [5, 5.41) is 25.9. The molecule has 0 fully saturated rings. The molecule has 0 bridgehead atoms. The number of nitriles is 1. The number of nitrogens with zero attached hydrogens (tertiary/aromatic N) is 5. The van der Waals surface area contributed by atoms with E-state index in [4.69, 9.17) is 0 Å². The van der Waals surface area contributed by atoms with E-state index in [1.54, 1.807) is 19.3 Å². The molecule has 7 nitrogen and oxygen atoms in total. The maximum Gasteiger partial charge on any atom is 0.155 e. The van der Waals surface area contributed by atoms with Gasteiger partial charge in [-0.3, -0.25) is 9.78 Å². The van der Waals surface area contributed by atoms with E-state index in [0.29, 0.717) is 40.9 Å². The molecule has 3 heterocycles. The minimum Gasteiger partial charge on any atom is -0.371 e. The second-order valence-electron chi connectivity index (χ2n) is 9.43. The molecule has 4 rings (SSSR count). The number of hydrogen-bond donors (Lipinski definition) is 2. The summed E-state index contributed by atoms with van der Waals surface area (Å²) in [6.45, 7) is 11.8. The van der Waals surface area contributed by atoms with Crippen LogP contribution in [0, 0.1) is 29.0 Å². The van der Waals surface area contributed by atoms with E-state index in [2.05, 4.69) is 52.0 Å². The Kier molecular flexibility index (Phi) is 7.73. The van der Waals surface area contributed by atoms with Gasteiger partial charge in [0.05, 0.1) is 34.8 Å². The zero-order valence-corrected chi connectivity index (χ0v) is 22.9. The third-order valence-electron chi connectivity index (χ3n) is 7.60. The van der Waals surface area contributed by atoms with Gasteiger partial charge >= 0.3 is 0 Å². The van der Waals surface area contributed by atoms with Crippen LogP contribution >= 0.6 is 0 Å². The standard InChI is InChI=1S/C30H34FN7/c1-8-20(38-21(9-2)14-15-34-38)12-11-13-23-18(4)37(7)19(5)26(17-32)27(23)24-16-25-29(22(10-3)28(24)31)35-36-30(25)33-6/h9,14-16,20,27H,2,8,10,12H2,1,3-7H3,(H2,33,35,36). The third kappa shape index (κ3) is 4.37. The van der Waals surface area contributed by atoms with E-state index in [1.807, 2.05) is 49.5 Å². The number of fused-ring (bicyclic) bond motifs is 1. The Morgan fingerprint density at radius 3 is 2.66 bits per heavy atom. The largest absolute Gasteiger partial charge is 0.371 e. The lowest BCUT2D eigenvalue weighted by molar-refractivity contribution is 0.447. The van der Waals surface area contributed by atoms with Crippen LogP contribution in [0.5, 0.6) is 0 Å². The van der Waals surface area contributed by atoms with Crippen molar-refractivity contribution >= 4 is 22.8 Å².